The molecule has 2 N–H and O–H groups in total. The van der Waals surface area contributed by atoms with Gasteiger partial charge in [-0.25, -0.2) is 4.98 Å². The molecule has 0 aliphatic carbocycles. The first-order valence-corrected chi connectivity index (χ1v) is 6.20. The minimum Gasteiger partial charge on any atom is -0.495 e. The highest BCUT2D eigenvalue weighted by Crippen LogP contribution is 2.17. The maximum Gasteiger partial charge on any atom is 0.270 e. The van der Waals surface area contributed by atoms with Crippen LogP contribution in [-0.2, 0) is 0 Å². The van der Waals surface area contributed by atoms with Crippen molar-refractivity contribution in [3.63, 3.8) is 0 Å². The van der Waals surface area contributed by atoms with Crippen molar-refractivity contribution in [1.82, 2.24) is 15.6 Å². The third-order valence-corrected chi connectivity index (χ3v) is 3.11. The molecule has 1 fully saturated rings. The first-order valence-electron chi connectivity index (χ1n) is 6.20. The van der Waals surface area contributed by atoms with Crippen LogP contribution < -0.4 is 15.4 Å². The Hall–Kier alpha value is -2.13. The number of aromatic nitrogens is 1. The van der Waals surface area contributed by atoms with E-state index in [2.05, 4.69) is 15.6 Å². The van der Waals surface area contributed by atoms with Crippen LogP contribution in [0.5, 0.6) is 5.75 Å². The van der Waals surface area contributed by atoms with Crippen LogP contribution in [0.3, 0.4) is 0 Å². The Balaban J connectivity index is 2.08. The number of carbonyl (C=O) groups is 1. The van der Waals surface area contributed by atoms with Gasteiger partial charge in [0.2, 0.25) is 0 Å². The average molecular weight is 260 g/mol. The Labute approximate surface area is 111 Å². The predicted molar refractivity (Wildman–Crippen MR) is 68.9 cm³/mol. The summed E-state index contributed by atoms with van der Waals surface area (Å²) in [6, 6.07) is 3.64. The van der Waals surface area contributed by atoms with E-state index >= 15 is 0 Å². The molecule has 1 saturated heterocycles. The summed E-state index contributed by atoms with van der Waals surface area (Å²) in [5, 5.41) is 15.0. The number of pyridine rings is 1. The molecule has 1 aliphatic rings. The normalized spacial score (nSPS) is 15.6. The summed E-state index contributed by atoms with van der Waals surface area (Å²) in [6.07, 6.45) is 3.19. The van der Waals surface area contributed by atoms with Gasteiger partial charge in [-0.2, -0.15) is 5.26 Å². The van der Waals surface area contributed by atoms with Crippen molar-refractivity contribution in [2.75, 3.05) is 20.2 Å². The Morgan fingerprint density at radius 2 is 2.32 bits per heavy atom. The molecule has 6 nitrogen and oxygen atoms in total. The Morgan fingerprint density at radius 1 is 1.58 bits per heavy atom. The van der Waals surface area contributed by atoms with E-state index in [1.165, 1.54) is 19.4 Å². The molecule has 6 heteroatoms. The van der Waals surface area contributed by atoms with Crippen LogP contribution in [0.1, 0.15) is 28.9 Å². The van der Waals surface area contributed by atoms with Gasteiger partial charge in [0.15, 0.2) is 0 Å². The smallest absolute Gasteiger partial charge is 0.270 e. The van der Waals surface area contributed by atoms with Crippen LogP contribution in [0.25, 0.3) is 0 Å². The van der Waals surface area contributed by atoms with Gasteiger partial charge >= 0.3 is 0 Å². The first-order chi connectivity index (χ1) is 9.24. The van der Waals surface area contributed by atoms with Gasteiger partial charge in [0.1, 0.15) is 23.1 Å². The molecular weight excluding hydrogens is 244 g/mol. The summed E-state index contributed by atoms with van der Waals surface area (Å²) < 4.78 is 5.06. The van der Waals surface area contributed by atoms with E-state index in [9.17, 15) is 4.79 Å². The van der Waals surface area contributed by atoms with Gasteiger partial charge in [-0.15, -0.1) is 0 Å². The highest BCUT2D eigenvalue weighted by molar-refractivity contribution is 5.93. The zero-order valence-electron chi connectivity index (χ0n) is 10.8. The van der Waals surface area contributed by atoms with Crippen LogP contribution >= 0.6 is 0 Å². The molecule has 2 rings (SSSR count). The molecule has 1 aromatic heterocycles. The van der Waals surface area contributed by atoms with E-state index in [1.54, 1.807) is 0 Å². The highest BCUT2D eigenvalue weighted by Gasteiger charge is 2.18. The molecular formula is C13H16N4O2. The molecule has 100 valence electrons. The van der Waals surface area contributed by atoms with Gasteiger partial charge in [0, 0.05) is 18.3 Å². The summed E-state index contributed by atoms with van der Waals surface area (Å²) in [5.41, 5.74) is 0.593. The number of rotatable bonds is 3. The second-order valence-corrected chi connectivity index (χ2v) is 4.38. The number of amides is 1. The number of carbonyl (C=O) groups excluding carboxylic acids is 1. The summed E-state index contributed by atoms with van der Waals surface area (Å²) in [7, 11) is 1.46. The fourth-order valence-electron chi connectivity index (χ4n) is 2.04. The van der Waals surface area contributed by atoms with Gasteiger partial charge in [-0.1, -0.05) is 0 Å². The minimum absolute atomic E-state index is 0.178. The van der Waals surface area contributed by atoms with Crippen LogP contribution in [0.15, 0.2) is 12.3 Å². The lowest BCUT2D eigenvalue weighted by Gasteiger charge is -2.23. The molecule has 0 saturated carbocycles. The molecule has 0 bridgehead atoms. The van der Waals surface area contributed by atoms with Crippen LogP contribution in [0.4, 0.5) is 0 Å². The third kappa shape index (κ3) is 3.20. The van der Waals surface area contributed by atoms with Gasteiger partial charge in [0.25, 0.3) is 5.91 Å². The van der Waals surface area contributed by atoms with E-state index in [0.29, 0.717) is 11.3 Å². The quantitative estimate of drug-likeness (QED) is 0.823. The standard InChI is InChI=1S/C13H16N4O2/c1-19-12-6-11(16-8-9(12)7-14)13(18)17-10-2-4-15-5-3-10/h6,8,10,15H,2-5H2,1H3,(H,17,18). The molecule has 2 heterocycles. The number of hydrogen-bond acceptors (Lipinski definition) is 5. The van der Waals surface area contributed by atoms with Crippen molar-refractivity contribution in [3.05, 3.63) is 23.5 Å². The second-order valence-electron chi connectivity index (χ2n) is 4.38. The SMILES string of the molecule is COc1cc(C(=O)NC2CCNCC2)ncc1C#N. The lowest BCUT2D eigenvalue weighted by Crippen LogP contribution is -2.42. The maximum absolute atomic E-state index is 12.0. The summed E-state index contributed by atoms with van der Waals surface area (Å²) in [4.78, 5) is 16.0. The Bertz CT molecular complexity index is 504. The highest BCUT2D eigenvalue weighted by atomic mass is 16.5. The molecule has 19 heavy (non-hydrogen) atoms. The number of methoxy groups -OCH3 is 1. The number of nitrogens with one attached hydrogen (secondary N) is 2. The van der Waals surface area contributed by atoms with E-state index < -0.39 is 0 Å². The van der Waals surface area contributed by atoms with Crippen molar-refractivity contribution in [1.29, 1.82) is 5.26 Å². The first kappa shape index (κ1) is 13.3. The van der Waals surface area contributed by atoms with Crippen molar-refractivity contribution >= 4 is 5.91 Å². The van der Waals surface area contributed by atoms with E-state index in [1.807, 2.05) is 6.07 Å². The molecule has 0 unspecified atom stereocenters. The molecule has 1 aliphatic heterocycles. The summed E-state index contributed by atoms with van der Waals surface area (Å²) >= 11 is 0. The van der Waals surface area contributed by atoms with Crippen LogP contribution in [0.2, 0.25) is 0 Å². The Morgan fingerprint density at radius 3 is 2.95 bits per heavy atom. The van der Waals surface area contributed by atoms with Gasteiger partial charge in [0.05, 0.1) is 7.11 Å². The molecule has 0 spiro atoms. The van der Waals surface area contributed by atoms with Crippen LogP contribution in [-0.4, -0.2) is 37.1 Å². The molecule has 1 amide bonds. The van der Waals surface area contributed by atoms with E-state index in [4.69, 9.17) is 10.00 Å². The minimum atomic E-state index is -0.227. The zero-order valence-corrected chi connectivity index (χ0v) is 10.8. The fourth-order valence-corrected chi connectivity index (χ4v) is 2.04. The second kappa shape index (κ2) is 6.16. The number of nitrogens with zero attached hydrogens (tertiary/aromatic N) is 2. The maximum atomic E-state index is 12.0. The lowest BCUT2D eigenvalue weighted by atomic mass is 10.1. The molecule has 0 aromatic carbocycles. The van der Waals surface area contributed by atoms with Crippen LogP contribution in [0, 0.1) is 11.3 Å². The summed E-state index contributed by atoms with van der Waals surface area (Å²) in [6.45, 7) is 1.82. The number of hydrogen-bond donors (Lipinski definition) is 2. The number of nitriles is 1. The Kier molecular flexibility index (Phi) is 4.31. The third-order valence-electron chi connectivity index (χ3n) is 3.11. The molecule has 0 radical (unpaired) electrons. The van der Waals surface area contributed by atoms with Crippen molar-refractivity contribution < 1.29 is 9.53 Å². The number of ether oxygens (including phenoxy) is 1. The van der Waals surface area contributed by atoms with Crippen molar-refractivity contribution in [2.24, 2.45) is 0 Å². The molecule has 0 atom stereocenters. The monoisotopic (exact) mass is 260 g/mol. The van der Waals surface area contributed by atoms with Gasteiger partial charge in [-0.05, 0) is 25.9 Å². The largest absolute Gasteiger partial charge is 0.495 e. The van der Waals surface area contributed by atoms with Gasteiger partial charge in [-0.3, -0.25) is 4.79 Å². The number of piperidine rings is 1. The lowest BCUT2D eigenvalue weighted by molar-refractivity contribution is 0.0924. The van der Waals surface area contributed by atoms with Crippen molar-refractivity contribution in [2.45, 2.75) is 18.9 Å². The van der Waals surface area contributed by atoms with E-state index in [0.717, 1.165) is 25.9 Å². The summed E-state index contributed by atoms with van der Waals surface area (Å²) in [5.74, 6) is 0.141. The molecule has 1 aromatic rings. The zero-order chi connectivity index (χ0) is 13.7. The fraction of sp³-hybridized carbons (Fsp3) is 0.462. The van der Waals surface area contributed by atoms with Crippen molar-refractivity contribution in [3.8, 4) is 11.8 Å². The predicted octanol–water partition coefficient (Wildman–Crippen LogP) is 0.444. The topological polar surface area (TPSA) is 87.0 Å². The average Bonchev–Trinajstić information content (AvgIpc) is 2.47. The van der Waals surface area contributed by atoms with E-state index in [-0.39, 0.29) is 17.6 Å². The van der Waals surface area contributed by atoms with Gasteiger partial charge < -0.3 is 15.4 Å².